The number of anilines is 1. The van der Waals surface area contributed by atoms with Crippen LogP contribution in [-0.4, -0.2) is 25.7 Å². The van der Waals surface area contributed by atoms with Gasteiger partial charge in [0.05, 0.1) is 5.69 Å². The van der Waals surface area contributed by atoms with Crippen LogP contribution in [0.4, 0.5) is 5.69 Å². The molecule has 28 heavy (non-hydrogen) atoms. The van der Waals surface area contributed by atoms with Gasteiger partial charge in [0.2, 0.25) is 11.8 Å². The minimum atomic E-state index is 0.0980. The van der Waals surface area contributed by atoms with Crippen LogP contribution in [0.25, 0.3) is 5.82 Å². The predicted octanol–water partition coefficient (Wildman–Crippen LogP) is 4.12. The van der Waals surface area contributed by atoms with Crippen LogP contribution in [0.1, 0.15) is 36.5 Å². The Hall–Kier alpha value is -3.22. The van der Waals surface area contributed by atoms with Crippen LogP contribution in [0.2, 0.25) is 0 Å². The van der Waals surface area contributed by atoms with E-state index in [9.17, 15) is 4.79 Å². The minimum absolute atomic E-state index is 0.0980. The highest BCUT2D eigenvalue weighted by Gasteiger charge is 2.25. The summed E-state index contributed by atoms with van der Waals surface area (Å²) in [5.74, 6) is 2.61. The van der Waals surface area contributed by atoms with Crippen LogP contribution in [0, 0.1) is 26.7 Å². The molecule has 7 nitrogen and oxygen atoms in total. The Morgan fingerprint density at radius 2 is 1.86 bits per heavy atom. The van der Waals surface area contributed by atoms with Crippen molar-refractivity contribution in [1.82, 2.24) is 19.7 Å². The number of hydrogen-bond acceptors (Lipinski definition) is 5. The summed E-state index contributed by atoms with van der Waals surface area (Å²) in [6, 6.07) is 11.1. The molecule has 1 aromatic carbocycles. The molecular formula is C21H23N5O2. The summed E-state index contributed by atoms with van der Waals surface area (Å²) >= 11 is 0. The third-order valence-electron chi connectivity index (χ3n) is 4.85. The van der Waals surface area contributed by atoms with Gasteiger partial charge in [-0.15, -0.1) is 0 Å². The van der Waals surface area contributed by atoms with E-state index in [2.05, 4.69) is 20.4 Å². The van der Waals surface area contributed by atoms with E-state index < -0.39 is 0 Å². The fourth-order valence-corrected chi connectivity index (χ4v) is 3.19. The van der Waals surface area contributed by atoms with Gasteiger partial charge in [0, 0.05) is 23.4 Å². The van der Waals surface area contributed by atoms with Crippen molar-refractivity contribution < 1.29 is 9.53 Å². The third kappa shape index (κ3) is 3.88. The molecule has 0 aliphatic heterocycles. The van der Waals surface area contributed by atoms with Gasteiger partial charge in [0.1, 0.15) is 11.6 Å². The number of nitrogens with zero attached hydrogens (tertiary/aromatic N) is 4. The quantitative estimate of drug-likeness (QED) is 0.723. The van der Waals surface area contributed by atoms with E-state index in [4.69, 9.17) is 4.74 Å². The molecule has 0 unspecified atom stereocenters. The van der Waals surface area contributed by atoms with Gasteiger partial charge in [0.15, 0.2) is 5.82 Å². The van der Waals surface area contributed by atoms with Gasteiger partial charge in [-0.2, -0.15) is 10.1 Å². The maximum absolute atomic E-state index is 12.0. The molecule has 1 N–H and O–H groups in total. The maximum Gasteiger partial charge on any atom is 0.227 e. The van der Waals surface area contributed by atoms with Gasteiger partial charge in [-0.25, -0.2) is 9.67 Å². The lowest BCUT2D eigenvalue weighted by Gasteiger charge is -2.24. The third-order valence-corrected chi connectivity index (χ3v) is 4.85. The smallest absolute Gasteiger partial charge is 0.227 e. The number of nitrogens with one attached hydrogen (secondary N) is 1. The molecule has 7 heteroatoms. The van der Waals surface area contributed by atoms with Crippen molar-refractivity contribution in [1.29, 1.82) is 0 Å². The summed E-state index contributed by atoms with van der Waals surface area (Å²) in [7, 11) is 0. The van der Waals surface area contributed by atoms with Crippen molar-refractivity contribution in [3.8, 4) is 17.4 Å². The van der Waals surface area contributed by atoms with E-state index in [1.54, 1.807) is 10.7 Å². The minimum Gasteiger partial charge on any atom is -0.439 e. The van der Waals surface area contributed by atoms with Gasteiger partial charge in [-0.1, -0.05) is 6.42 Å². The molecule has 0 radical (unpaired) electrons. The fourth-order valence-electron chi connectivity index (χ4n) is 3.19. The molecule has 3 aromatic rings. The van der Waals surface area contributed by atoms with E-state index >= 15 is 0 Å². The average Bonchev–Trinajstić information content (AvgIpc) is 2.93. The van der Waals surface area contributed by atoms with E-state index in [1.807, 2.05) is 51.1 Å². The number of aromatic nitrogens is 4. The molecule has 0 saturated heterocycles. The highest BCUT2D eigenvalue weighted by molar-refractivity contribution is 5.93. The van der Waals surface area contributed by atoms with Crippen molar-refractivity contribution in [2.75, 3.05) is 5.32 Å². The second-order valence-corrected chi connectivity index (χ2v) is 7.19. The number of benzene rings is 1. The molecule has 2 aromatic heterocycles. The number of carbonyl (C=O) groups excluding carboxylic acids is 1. The van der Waals surface area contributed by atoms with Crippen molar-refractivity contribution in [2.45, 2.75) is 40.0 Å². The molecule has 144 valence electrons. The summed E-state index contributed by atoms with van der Waals surface area (Å²) in [6.07, 6.45) is 3.11. The molecule has 1 amide bonds. The molecule has 1 fully saturated rings. The molecule has 2 heterocycles. The Balaban J connectivity index is 1.49. The average molecular weight is 377 g/mol. The highest BCUT2D eigenvalue weighted by atomic mass is 16.5. The number of ether oxygens (including phenoxy) is 1. The first kappa shape index (κ1) is 18.2. The van der Waals surface area contributed by atoms with Crippen molar-refractivity contribution >= 4 is 11.6 Å². The summed E-state index contributed by atoms with van der Waals surface area (Å²) in [5, 5.41) is 7.42. The second kappa shape index (κ2) is 7.42. The Kier molecular flexibility index (Phi) is 4.81. The van der Waals surface area contributed by atoms with E-state index in [0.717, 1.165) is 36.3 Å². The van der Waals surface area contributed by atoms with Crippen LogP contribution in [0.3, 0.4) is 0 Å². The molecule has 1 aliphatic rings. The summed E-state index contributed by atoms with van der Waals surface area (Å²) in [6.45, 7) is 5.75. The first-order valence-electron chi connectivity index (χ1n) is 9.46. The SMILES string of the molecule is Cc1cc(C)n(-c2cc(Oc3ccc(NC(=O)C4CCC4)cc3)nc(C)n2)n1. The first-order valence-corrected chi connectivity index (χ1v) is 9.46. The monoisotopic (exact) mass is 377 g/mol. The molecular weight excluding hydrogens is 354 g/mol. The molecule has 0 bridgehead atoms. The molecule has 1 aliphatic carbocycles. The van der Waals surface area contributed by atoms with Crippen molar-refractivity contribution in [3.63, 3.8) is 0 Å². The van der Waals surface area contributed by atoms with Gasteiger partial charge in [0.25, 0.3) is 0 Å². The maximum atomic E-state index is 12.0. The van der Waals surface area contributed by atoms with Crippen LogP contribution in [0.5, 0.6) is 11.6 Å². The summed E-state index contributed by atoms with van der Waals surface area (Å²) < 4.78 is 7.68. The van der Waals surface area contributed by atoms with E-state index in [0.29, 0.717) is 23.3 Å². The van der Waals surface area contributed by atoms with Crippen molar-refractivity contribution in [3.05, 3.63) is 53.6 Å². The first-order chi connectivity index (χ1) is 13.5. The summed E-state index contributed by atoms with van der Waals surface area (Å²) in [5.41, 5.74) is 2.69. The largest absolute Gasteiger partial charge is 0.439 e. The molecule has 4 rings (SSSR count). The van der Waals surface area contributed by atoms with Crippen molar-refractivity contribution in [2.24, 2.45) is 5.92 Å². The number of rotatable bonds is 5. The number of hydrogen-bond donors (Lipinski definition) is 1. The molecule has 0 spiro atoms. The Bertz CT molecular complexity index is 1010. The number of aryl methyl sites for hydroxylation is 3. The van der Waals surface area contributed by atoms with Crippen LogP contribution in [-0.2, 0) is 4.79 Å². The highest BCUT2D eigenvalue weighted by Crippen LogP contribution is 2.28. The van der Waals surface area contributed by atoms with E-state index in [-0.39, 0.29) is 11.8 Å². The molecule has 0 atom stereocenters. The van der Waals surface area contributed by atoms with Crippen LogP contribution >= 0.6 is 0 Å². The lowest BCUT2D eigenvalue weighted by Crippen LogP contribution is -2.27. The number of amides is 1. The van der Waals surface area contributed by atoms with Crippen LogP contribution < -0.4 is 10.1 Å². The van der Waals surface area contributed by atoms with Gasteiger partial charge in [-0.3, -0.25) is 4.79 Å². The zero-order valence-electron chi connectivity index (χ0n) is 16.3. The van der Waals surface area contributed by atoms with Gasteiger partial charge >= 0.3 is 0 Å². The lowest BCUT2D eigenvalue weighted by molar-refractivity contribution is -0.122. The zero-order valence-corrected chi connectivity index (χ0v) is 16.3. The Morgan fingerprint density at radius 3 is 2.46 bits per heavy atom. The van der Waals surface area contributed by atoms with Gasteiger partial charge < -0.3 is 10.1 Å². The van der Waals surface area contributed by atoms with E-state index in [1.165, 1.54) is 0 Å². The number of carbonyl (C=O) groups is 1. The topological polar surface area (TPSA) is 81.9 Å². The summed E-state index contributed by atoms with van der Waals surface area (Å²) in [4.78, 5) is 20.9. The second-order valence-electron chi connectivity index (χ2n) is 7.19. The fraction of sp³-hybridized carbons (Fsp3) is 0.333. The van der Waals surface area contributed by atoms with Gasteiger partial charge in [-0.05, 0) is 63.9 Å². The normalized spacial score (nSPS) is 13.8. The molecule has 1 saturated carbocycles. The lowest BCUT2D eigenvalue weighted by atomic mass is 9.85. The standard InChI is InChI=1S/C21H23N5O2/c1-13-11-14(2)26(25-13)19-12-20(23-15(3)22-19)28-18-9-7-17(8-10-18)24-21(27)16-5-4-6-16/h7-12,16H,4-6H2,1-3H3,(H,24,27). The zero-order chi connectivity index (χ0) is 19.7. The van der Waals surface area contributed by atoms with Crippen LogP contribution in [0.15, 0.2) is 36.4 Å². The Labute approximate surface area is 163 Å². The Morgan fingerprint density at radius 1 is 1.11 bits per heavy atom. The predicted molar refractivity (Wildman–Crippen MR) is 106 cm³/mol.